The van der Waals surface area contributed by atoms with Crippen molar-refractivity contribution in [1.29, 1.82) is 0 Å². The molecule has 0 aliphatic carbocycles. The van der Waals surface area contributed by atoms with Crippen LogP contribution in [-0.4, -0.2) is 38.7 Å². The number of carboxylic acid groups (broad SMARTS) is 1. The number of hydrogen-bond acceptors (Lipinski definition) is 6. The van der Waals surface area contributed by atoms with Gasteiger partial charge in [0.1, 0.15) is 17.2 Å². The zero-order valence-electron chi connectivity index (χ0n) is 15.9. The minimum absolute atomic E-state index is 0.108. The molecule has 9 nitrogen and oxygen atoms in total. The highest BCUT2D eigenvalue weighted by molar-refractivity contribution is 7.89. The van der Waals surface area contributed by atoms with E-state index in [1.807, 2.05) is 0 Å². The minimum Gasteiger partial charge on any atom is -0.480 e. The molecule has 0 saturated heterocycles. The van der Waals surface area contributed by atoms with Crippen LogP contribution in [0.1, 0.15) is 13.8 Å². The van der Waals surface area contributed by atoms with Gasteiger partial charge in [-0.25, -0.2) is 13.2 Å². The number of benzene rings is 2. The highest BCUT2D eigenvalue weighted by atomic mass is 32.2. The normalized spacial score (nSPS) is 13.0. The summed E-state index contributed by atoms with van der Waals surface area (Å²) in [6.45, 7) is 3.23. The van der Waals surface area contributed by atoms with E-state index in [2.05, 4.69) is 14.8 Å². The van der Waals surface area contributed by atoms with Crippen molar-refractivity contribution in [1.82, 2.24) is 4.72 Å². The van der Waals surface area contributed by atoms with E-state index in [9.17, 15) is 23.1 Å². The molecule has 154 valence electrons. The number of rotatable bonds is 6. The molecule has 0 spiro atoms. The molecule has 1 aromatic heterocycles. The van der Waals surface area contributed by atoms with Crippen molar-refractivity contribution < 1.29 is 32.3 Å². The maximum atomic E-state index is 12.6. The number of sulfonamides is 1. The summed E-state index contributed by atoms with van der Waals surface area (Å²) in [6, 6.07) is 7.99. The third kappa shape index (κ3) is 4.17. The van der Waals surface area contributed by atoms with Gasteiger partial charge in [-0.2, -0.15) is 4.72 Å². The first kappa shape index (κ1) is 20.6. The number of carbonyl (C=O) groups excluding carboxylic acids is 1. The lowest BCUT2D eigenvalue weighted by molar-refractivity contribution is -0.140. The molecule has 0 radical (unpaired) electrons. The summed E-state index contributed by atoms with van der Waals surface area (Å²) in [5, 5.41) is 13.1. The van der Waals surface area contributed by atoms with Crippen LogP contribution in [0.2, 0.25) is 0 Å². The van der Waals surface area contributed by atoms with Crippen LogP contribution in [0.5, 0.6) is 0 Å². The van der Waals surface area contributed by atoms with E-state index in [0.717, 1.165) is 0 Å². The molecule has 1 amide bonds. The average molecular weight is 420 g/mol. The highest BCUT2D eigenvalue weighted by Crippen LogP contribution is 2.32. The number of ether oxygens (including phenoxy) is 1. The number of furan rings is 1. The monoisotopic (exact) mass is 420 g/mol. The van der Waals surface area contributed by atoms with Gasteiger partial charge in [-0.15, -0.1) is 0 Å². The Morgan fingerprint density at radius 2 is 1.79 bits per heavy atom. The van der Waals surface area contributed by atoms with Crippen molar-refractivity contribution in [3.8, 4) is 0 Å². The summed E-state index contributed by atoms with van der Waals surface area (Å²) in [4.78, 5) is 22.6. The summed E-state index contributed by atoms with van der Waals surface area (Å²) < 4.78 is 37.8. The SMILES string of the molecule is COC(=O)Nc1ccc2oc3cc(S(=O)(=O)N[C@@H](C(=O)O)C(C)C)ccc3c2c1. The van der Waals surface area contributed by atoms with Gasteiger partial charge in [0, 0.05) is 22.5 Å². The zero-order chi connectivity index (χ0) is 21.3. The number of amides is 1. The first-order chi connectivity index (χ1) is 13.6. The Bertz CT molecular complexity index is 1200. The first-order valence-electron chi connectivity index (χ1n) is 8.69. The lowest BCUT2D eigenvalue weighted by Gasteiger charge is -2.17. The van der Waals surface area contributed by atoms with Gasteiger partial charge in [0.15, 0.2) is 0 Å². The molecule has 29 heavy (non-hydrogen) atoms. The molecular weight excluding hydrogens is 400 g/mol. The molecular formula is C19H20N2O7S. The molecule has 0 aliphatic rings. The number of carboxylic acids is 1. The van der Waals surface area contributed by atoms with Gasteiger partial charge >= 0.3 is 12.1 Å². The smallest absolute Gasteiger partial charge is 0.411 e. The summed E-state index contributed by atoms with van der Waals surface area (Å²) in [7, 11) is -2.81. The second-order valence-electron chi connectivity index (χ2n) is 6.77. The van der Waals surface area contributed by atoms with E-state index in [1.54, 1.807) is 38.1 Å². The van der Waals surface area contributed by atoms with E-state index in [-0.39, 0.29) is 4.90 Å². The predicted octanol–water partition coefficient (Wildman–Crippen LogP) is 3.15. The first-order valence-corrected chi connectivity index (χ1v) is 10.2. The fourth-order valence-electron chi connectivity index (χ4n) is 2.88. The van der Waals surface area contributed by atoms with Crippen molar-refractivity contribution in [2.45, 2.75) is 24.8 Å². The summed E-state index contributed by atoms with van der Waals surface area (Å²) >= 11 is 0. The van der Waals surface area contributed by atoms with Gasteiger partial charge in [-0.05, 0) is 36.2 Å². The Morgan fingerprint density at radius 3 is 2.41 bits per heavy atom. The number of hydrogen-bond donors (Lipinski definition) is 3. The standard InChI is InChI=1S/C19H20N2O7S/c1-10(2)17(18(22)23)21-29(25,26)12-5-6-13-14-8-11(20-19(24)27-3)4-7-15(14)28-16(13)9-12/h4-10,17,21H,1-3H3,(H,20,24)(H,22,23)/t17-/m1/s1. The van der Waals surface area contributed by atoms with Gasteiger partial charge in [0.25, 0.3) is 0 Å². The van der Waals surface area contributed by atoms with Gasteiger partial charge < -0.3 is 14.3 Å². The lowest BCUT2D eigenvalue weighted by atomic mass is 10.1. The van der Waals surface area contributed by atoms with E-state index in [0.29, 0.717) is 27.6 Å². The molecule has 0 saturated carbocycles. The molecule has 3 aromatic rings. The van der Waals surface area contributed by atoms with Crippen LogP contribution >= 0.6 is 0 Å². The molecule has 10 heteroatoms. The topological polar surface area (TPSA) is 135 Å². The van der Waals surface area contributed by atoms with Crippen molar-refractivity contribution in [3.05, 3.63) is 36.4 Å². The van der Waals surface area contributed by atoms with E-state index in [4.69, 9.17) is 4.42 Å². The number of anilines is 1. The van der Waals surface area contributed by atoms with Crippen LogP contribution in [0.4, 0.5) is 10.5 Å². The Hall–Kier alpha value is -3.11. The zero-order valence-corrected chi connectivity index (χ0v) is 16.7. The predicted molar refractivity (Wildman–Crippen MR) is 106 cm³/mol. The fourth-order valence-corrected chi connectivity index (χ4v) is 4.23. The van der Waals surface area contributed by atoms with Crippen LogP contribution in [-0.2, 0) is 19.6 Å². The number of nitrogens with one attached hydrogen (secondary N) is 2. The largest absolute Gasteiger partial charge is 0.480 e. The molecule has 2 aromatic carbocycles. The average Bonchev–Trinajstić information content (AvgIpc) is 3.02. The van der Waals surface area contributed by atoms with Crippen molar-refractivity contribution in [2.24, 2.45) is 5.92 Å². The van der Waals surface area contributed by atoms with Crippen LogP contribution in [0.3, 0.4) is 0 Å². The van der Waals surface area contributed by atoms with Gasteiger partial charge in [-0.1, -0.05) is 13.8 Å². The summed E-state index contributed by atoms with van der Waals surface area (Å²) in [6.07, 6.45) is -0.616. The number of aliphatic carboxylic acids is 1. The Morgan fingerprint density at radius 1 is 1.07 bits per heavy atom. The lowest BCUT2D eigenvalue weighted by Crippen LogP contribution is -2.44. The van der Waals surface area contributed by atoms with Crippen molar-refractivity contribution >= 4 is 49.7 Å². The Balaban J connectivity index is 2.00. The maximum Gasteiger partial charge on any atom is 0.411 e. The van der Waals surface area contributed by atoms with E-state index < -0.39 is 34.0 Å². The van der Waals surface area contributed by atoms with Gasteiger partial charge in [-0.3, -0.25) is 10.1 Å². The molecule has 3 rings (SSSR count). The molecule has 0 unspecified atom stereocenters. The van der Waals surface area contributed by atoms with Gasteiger partial charge in [0.2, 0.25) is 10.0 Å². The minimum atomic E-state index is -4.07. The van der Waals surface area contributed by atoms with Crippen LogP contribution < -0.4 is 10.0 Å². The molecule has 0 aliphatic heterocycles. The van der Waals surface area contributed by atoms with E-state index >= 15 is 0 Å². The second kappa shape index (κ2) is 7.72. The third-order valence-electron chi connectivity index (χ3n) is 4.40. The molecule has 0 fully saturated rings. The van der Waals surface area contributed by atoms with Crippen LogP contribution in [0.15, 0.2) is 45.7 Å². The molecule has 1 atom stereocenters. The number of carbonyl (C=O) groups is 2. The van der Waals surface area contributed by atoms with Crippen LogP contribution in [0.25, 0.3) is 21.9 Å². The quantitative estimate of drug-likeness (QED) is 0.557. The third-order valence-corrected chi connectivity index (χ3v) is 5.84. The Labute approximate surface area is 166 Å². The van der Waals surface area contributed by atoms with Gasteiger partial charge in [0.05, 0.1) is 12.0 Å². The van der Waals surface area contributed by atoms with Crippen molar-refractivity contribution in [2.75, 3.05) is 12.4 Å². The molecule has 1 heterocycles. The highest BCUT2D eigenvalue weighted by Gasteiger charge is 2.28. The van der Waals surface area contributed by atoms with Crippen molar-refractivity contribution in [3.63, 3.8) is 0 Å². The fraction of sp³-hybridized carbons (Fsp3) is 0.263. The summed E-state index contributed by atoms with van der Waals surface area (Å²) in [5.74, 6) is -1.68. The Kier molecular flexibility index (Phi) is 5.49. The van der Waals surface area contributed by atoms with E-state index in [1.165, 1.54) is 19.2 Å². The van der Waals surface area contributed by atoms with Crippen LogP contribution in [0, 0.1) is 5.92 Å². The molecule has 0 bridgehead atoms. The summed E-state index contributed by atoms with van der Waals surface area (Å²) in [5.41, 5.74) is 1.31. The second-order valence-corrected chi connectivity index (χ2v) is 8.48. The molecule has 3 N–H and O–H groups in total. The number of methoxy groups -OCH3 is 1. The maximum absolute atomic E-state index is 12.6. The number of fused-ring (bicyclic) bond motifs is 3.